The largest absolute Gasteiger partial charge is 0.459 e. The molecule has 0 amide bonds. The Hall–Kier alpha value is -2.52. The van der Waals surface area contributed by atoms with Crippen molar-refractivity contribution < 1.29 is 43.9 Å². The predicted octanol–water partition coefficient (Wildman–Crippen LogP) is 3.35. The molecule has 2 aliphatic heterocycles. The lowest BCUT2D eigenvalue weighted by molar-refractivity contribution is -0.295. The average Bonchev–Trinajstić information content (AvgIpc) is 3.60. The van der Waals surface area contributed by atoms with Gasteiger partial charge in [-0.25, -0.2) is 0 Å². The third-order valence-corrected chi connectivity index (χ3v) is 10.6. The summed E-state index contributed by atoms with van der Waals surface area (Å²) in [6.45, 7) is 15.5. The first-order chi connectivity index (χ1) is 22.8. The monoisotopic (exact) mass is 692 g/mol. The number of rotatable bonds is 7. The molecule has 13 atom stereocenters. The van der Waals surface area contributed by atoms with Crippen LogP contribution in [0.15, 0.2) is 28.5 Å². The van der Waals surface area contributed by atoms with Crippen LogP contribution in [0.25, 0.3) is 0 Å². The second-order valence-electron chi connectivity index (χ2n) is 14.8. The summed E-state index contributed by atoms with van der Waals surface area (Å²) < 4.78 is 24.7. The quantitative estimate of drug-likeness (QED) is 0.144. The maximum atomic E-state index is 14.1. The first kappa shape index (κ1) is 40.9. The molecule has 13 unspecified atom stereocenters. The van der Waals surface area contributed by atoms with Crippen molar-refractivity contribution in [3.05, 3.63) is 24.0 Å². The number of hydrogen-bond acceptors (Lipinski definition) is 12. The van der Waals surface area contributed by atoms with Gasteiger partial charge in [-0.15, -0.1) is 0 Å². The smallest absolute Gasteiger partial charge is 0.316 e. The number of aliphatic hydroxyl groups excluding tert-OH is 2. The molecule has 0 bridgehead atoms. The van der Waals surface area contributed by atoms with Gasteiger partial charge >= 0.3 is 5.97 Å². The van der Waals surface area contributed by atoms with Gasteiger partial charge in [0.1, 0.15) is 23.7 Å². The topological polar surface area (TPSA) is 176 Å². The third-order valence-electron chi connectivity index (χ3n) is 10.6. The zero-order valence-electron chi connectivity index (χ0n) is 31.3. The maximum Gasteiger partial charge on any atom is 0.316 e. The Labute approximate surface area is 291 Å². The van der Waals surface area contributed by atoms with E-state index in [9.17, 15) is 24.9 Å². The minimum atomic E-state index is -1.90. The van der Waals surface area contributed by atoms with E-state index in [1.807, 2.05) is 58.8 Å². The Bertz CT molecular complexity index is 1320. The summed E-state index contributed by atoms with van der Waals surface area (Å²) in [6, 6.07) is 3.45. The van der Waals surface area contributed by atoms with Crippen LogP contribution in [0, 0.1) is 23.7 Å². The number of likely N-dealkylation sites (N-methyl/N-ethyl adjacent to an activating group) is 1. The Balaban J connectivity index is 2.20. The highest BCUT2D eigenvalue weighted by Gasteiger charge is 2.51. The number of ketones is 1. The van der Waals surface area contributed by atoms with E-state index in [0.29, 0.717) is 17.8 Å². The van der Waals surface area contributed by atoms with E-state index >= 15 is 0 Å². The fourth-order valence-corrected chi connectivity index (χ4v) is 7.37. The molecule has 278 valence electrons. The molecular formula is C36H60N4O9. The van der Waals surface area contributed by atoms with Crippen LogP contribution in [0.5, 0.6) is 0 Å². The lowest BCUT2D eigenvalue weighted by Crippen LogP contribution is -2.60. The van der Waals surface area contributed by atoms with Crippen molar-refractivity contribution in [1.82, 2.24) is 9.88 Å². The van der Waals surface area contributed by atoms with Gasteiger partial charge in [-0.2, -0.15) is 10.2 Å². The van der Waals surface area contributed by atoms with Gasteiger partial charge in [0.25, 0.3) is 0 Å². The molecule has 0 spiro atoms. The van der Waals surface area contributed by atoms with Crippen LogP contribution in [0.3, 0.4) is 0 Å². The highest BCUT2D eigenvalue weighted by Crippen LogP contribution is 2.38. The van der Waals surface area contributed by atoms with Gasteiger partial charge in [0.15, 0.2) is 12.1 Å². The second-order valence-corrected chi connectivity index (χ2v) is 14.8. The summed E-state index contributed by atoms with van der Waals surface area (Å²) in [5.74, 6) is -4.65. The fraction of sp³-hybridized carbons (Fsp3) is 0.778. The van der Waals surface area contributed by atoms with Crippen LogP contribution in [0.2, 0.25) is 0 Å². The fourth-order valence-electron chi connectivity index (χ4n) is 7.37. The number of Topliss-reactive ketones (excluding diaryl/α,β-unsaturated/α-hetero) is 1. The van der Waals surface area contributed by atoms with E-state index < -0.39 is 77.3 Å². The van der Waals surface area contributed by atoms with E-state index in [2.05, 4.69) is 15.2 Å². The van der Waals surface area contributed by atoms with Gasteiger partial charge in [0.05, 0.1) is 35.3 Å². The number of hydrogen-bond donors (Lipinski definition) is 4. The average molecular weight is 693 g/mol. The number of aliphatic hydroxyl groups is 3. The van der Waals surface area contributed by atoms with Crippen LogP contribution in [-0.2, 0) is 28.5 Å². The minimum absolute atomic E-state index is 0.181. The van der Waals surface area contributed by atoms with E-state index in [1.165, 1.54) is 21.0 Å². The van der Waals surface area contributed by atoms with Gasteiger partial charge in [0.2, 0.25) is 0 Å². The molecule has 0 saturated carbocycles. The molecule has 1 aromatic heterocycles. The summed E-state index contributed by atoms with van der Waals surface area (Å²) >= 11 is 0. The van der Waals surface area contributed by atoms with E-state index in [4.69, 9.17) is 18.9 Å². The summed E-state index contributed by atoms with van der Waals surface area (Å²) in [5, 5.41) is 44.0. The number of nitrogens with one attached hydrogen (secondary N) is 1. The molecule has 0 radical (unpaired) electrons. The standard InChI is InChI=1S/C36H60N4O9/c1-13-27-36(9,45)31(43)21(4)28(39-38-24(7)25-15-14-16-37-25)19(2)18-35(8,46-12)32(22(5)29(41)23(6)33(44)48-27)49-34-30(42)26(40(10)11)17-20(3)47-34/h14-16,19-23,26-27,30-32,34,37,42-43,45H,13,17-18H2,1-12H3. The van der Waals surface area contributed by atoms with Crippen LogP contribution in [0.1, 0.15) is 87.3 Å². The highest BCUT2D eigenvalue weighted by atomic mass is 16.7. The van der Waals surface area contributed by atoms with Gasteiger partial charge < -0.3 is 44.2 Å². The van der Waals surface area contributed by atoms with Crippen LogP contribution >= 0.6 is 0 Å². The SMILES string of the molecule is CCC1OC(=O)C(C)C(=O)C(C)C(OC2OC(C)CC(N(C)C)C2O)C(C)(OC)CC(C)C(=NN=C(C)c2ccc[nH]2)C(C)C(O)C1(C)O. The Morgan fingerprint density at radius 1 is 1.12 bits per heavy atom. The molecule has 2 saturated heterocycles. The maximum absolute atomic E-state index is 14.1. The van der Waals surface area contributed by atoms with Gasteiger partial charge in [0, 0.05) is 36.9 Å². The molecular weight excluding hydrogens is 632 g/mol. The molecule has 0 aliphatic carbocycles. The molecule has 3 rings (SSSR count). The number of aromatic nitrogens is 1. The number of H-pyrrole nitrogens is 1. The molecule has 3 heterocycles. The molecule has 13 heteroatoms. The third kappa shape index (κ3) is 9.05. The van der Waals surface area contributed by atoms with E-state index in [-0.39, 0.29) is 25.0 Å². The molecule has 2 aliphatic rings. The predicted molar refractivity (Wildman–Crippen MR) is 186 cm³/mol. The number of nitrogens with zero attached hydrogens (tertiary/aromatic N) is 3. The first-order valence-electron chi connectivity index (χ1n) is 17.4. The van der Waals surface area contributed by atoms with Crippen molar-refractivity contribution in [2.75, 3.05) is 21.2 Å². The zero-order valence-corrected chi connectivity index (χ0v) is 31.3. The zero-order chi connectivity index (χ0) is 37.0. The van der Waals surface area contributed by atoms with Crippen molar-refractivity contribution in [3.8, 4) is 0 Å². The summed E-state index contributed by atoms with van der Waals surface area (Å²) in [6.07, 6.45) is -3.16. The number of esters is 1. The second kappa shape index (κ2) is 16.7. The molecule has 49 heavy (non-hydrogen) atoms. The number of carbonyl (C=O) groups excluding carboxylic acids is 2. The van der Waals surface area contributed by atoms with Crippen molar-refractivity contribution in [3.63, 3.8) is 0 Å². The Kier molecular flexibility index (Phi) is 13.9. The normalized spacial score (nSPS) is 41.5. The molecule has 0 aromatic carbocycles. The first-order valence-corrected chi connectivity index (χ1v) is 17.4. The summed E-state index contributed by atoms with van der Waals surface area (Å²) in [7, 11) is 5.27. The van der Waals surface area contributed by atoms with Crippen LogP contribution < -0.4 is 0 Å². The van der Waals surface area contributed by atoms with Crippen molar-refractivity contribution in [2.24, 2.45) is 33.9 Å². The van der Waals surface area contributed by atoms with Crippen LogP contribution in [-0.4, -0.2) is 124 Å². The van der Waals surface area contributed by atoms with E-state index in [1.54, 1.807) is 27.0 Å². The lowest BCUT2D eigenvalue weighted by atomic mass is 9.74. The van der Waals surface area contributed by atoms with Gasteiger partial charge in [-0.1, -0.05) is 27.7 Å². The molecule has 1 aromatic rings. The number of aromatic amines is 1. The minimum Gasteiger partial charge on any atom is -0.459 e. The molecule has 13 nitrogen and oxygen atoms in total. The van der Waals surface area contributed by atoms with Crippen molar-refractivity contribution in [1.29, 1.82) is 0 Å². The van der Waals surface area contributed by atoms with Crippen LogP contribution in [0.4, 0.5) is 0 Å². The molecule has 2 fully saturated rings. The van der Waals surface area contributed by atoms with Gasteiger partial charge in [-0.05, 0) is 86.0 Å². The Morgan fingerprint density at radius 2 is 1.78 bits per heavy atom. The highest BCUT2D eigenvalue weighted by molar-refractivity contribution is 6.00. The molecule has 4 N–H and O–H groups in total. The summed E-state index contributed by atoms with van der Waals surface area (Å²) in [5.41, 5.74) is -1.27. The van der Waals surface area contributed by atoms with Crippen molar-refractivity contribution in [2.45, 2.75) is 136 Å². The number of carbonyl (C=O) groups is 2. The summed E-state index contributed by atoms with van der Waals surface area (Å²) in [4.78, 5) is 32.6. The number of methoxy groups -OCH3 is 1. The van der Waals surface area contributed by atoms with E-state index in [0.717, 1.165) is 5.69 Å². The number of ether oxygens (including phenoxy) is 4. The Morgan fingerprint density at radius 3 is 2.33 bits per heavy atom. The van der Waals surface area contributed by atoms with Crippen molar-refractivity contribution >= 4 is 23.2 Å². The van der Waals surface area contributed by atoms with Gasteiger partial charge in [-0.3, -0.25) is 9.59 Å². The number of cyclic esters (lactones) is 1. The lowest BCUT2D eigenvalue weighted by Gasteiger charge is -2.47.